The van der Waals surface area contributed by atoms with Gasteiger partial charge in [0.1, 0.15) is 5.69 Å². The van der Waals surface area contributed by atoms with Crippen LogP contribution in [0.1, 0.15) is 21.6 Å². The van der Waals surface area contributed by atoms with E-state index >= 15 is 0 Å². The van der Waals surface area contributed by atoms with E-state index in [2.05, 4.69) is 20.6 Å². The van der Waals surface area contributed by atoms with Crippen LogP contribution in [0.15, 0.2) is 67.1 Å². The van der Waals surface area contributed by atoms with E-state index in [1.807, 2.05) is 30.3 Å². The van der Waals surface area contributed by atoms with Gasteiger partial charge < -0.3 is 10.6 Å². The van der Waals surface area contributed by atoms with E-state index in [9.17, 15) is 4.79 Å². The van der Waals surface area contributed by atoms with Gasteiger partial charge in [-0.1, -0.05) is 29.8 Å². The average molecular weight is 353 g/mol. The Morgan fingerprint density at radius 2 is 1.84 bits per heavy atom. The maximum absolute atomic E-state index is 12.3. The maximum Gasteiger partial charge on any atom is 0.270 e. The molecule has 25 heavy (non-hydrogen) atoms. The second kappa shape index (κ2) is 8.26. The molecular weight excluding hydrogens is 336 g/mol. The Morgan fingerprint density at radius 1 is 1.00 bits per heavy atom. The number of pyridine rings is 2. The SMILES string of the molecule is O=C(NCc1ccc(Cl)cc1)c1cc(NCc2cccnc2)ccn1. The largest absolute Gasteiger partial charge is 0.381 e. The van der Waals surface area contributed by atoms with Crippen molar-refractivity contribution in [1.82, 2.24) is 15.3 Å². The molecule has 0 aliphatic heterocycles. The molecule has 0 spiro atoms. The smallest absolute Gasteiger partial charge is 0.270 e. The molecule has 0 saturated carbocycles. The molecule has 0 unspecified atom stereocenters. The Balaban J connectivity index is 1.58. The fourth-order valence-electron chi connectivity index (χ4n) is 2.25. The molecule has 0 fully saturated rings. The third kappa shape index (κ3) is 5.02. The minimum absolute atomic E-state index is 0.222. The van der Waals surface area contributed by atoms with Crippen LogP contribution in [0, 0.1) is 0 Å². The molecule has 1 amide bonds. The summed E-state index contributed by atoms with van der Waals surface area (Å²) >= 11 is 5.85. The number of anilines is 1. The van der Waals surface area contributed by atoms with Crippen LogP contribution < -0.4 is 10.6 Å². The van der Waals surface area contributed by atoms with Gasteiger partial charge in [-0.3, -0.25) is 14.8 Å². The molecule has 0 saturated heterocycles. The fourth-order valence-corrected chi connectivity index (χ4v) is 2.37. The van der Waals surface area contributed by atoms with Crippen molar-refractivity contribution >= 4 is 23.2 Å². The number of benzene rings is 1. The van der Waals surface area contributed by atoms with Crippen LogP contribution in [0.25, 0.3) is 0 Å². The minimum atomic E-state index is -0.222. The van der Waals surface area contributed by atoms with Gasteiger partial charge in [0.15, 0.2) is 0 Å². The summed E-state index contributed by atoms with van der Waals surface area (Å²) in [6.07, 6.45) is 5.15. The van der Waals surface area contributed by atoms with Gasteiger partial charge in [0.25, 0.3) is 5.91 Å². The van der Waals surface area contributed by atoms with Crippen LogP contribution in [0.5, 0.6) is 0 Å². The van der Waals surface area contributed by atoms with Crippen molar-refractivity contribution in [3.05, 3.63) is 89.0 Å². The van der Waals surface area contributed by atoms with Crippen molar-refractivity contribution in [3.8, 4) is 0 Å². The second-order valence-electron chi connectivity index (χ2n) is 5.45. The molecule has 2 heterocycles. The molecule has 126 valence electrons. The van der Waals surface area contributed by atoms with E-state index in [1.54, 1.807) is 36.8 Å². The van der Waals surface area contributed by atoms with E-state index in [-0.39, 0.29) is 5.91 Å². The molecule has 3 rings (SSSR count). The topological polar surface area (TPSA) is 66.9 Å². The average Bonchev–Trinajstić information content (AvgIpc) is 2.67. The molecule has 2 aromatic heterocycles. The van der Waals surface area contributed by atoms with Crippen molar-refractivity contribution in [2.45, 2.75) is 13.1 Å². The first-order valence-corrected chi connectivity index (χ1v) is 8.20. The summed E-state index contributed by atoms with van der Waals surface area (Å²) in [5, 5.41) is 6.79. The highest BCUT2D eigenvalue weighted by molar-refractivity contribution is 6.30. The lowest BCUT2D eigenvalue weighted by atomic mass is 10.2. The summed E-state index contributed by atoms with van der Waals surface area (Å²) in [4.78, 5) is 20.5. The van der Waals surface area contributed by atoms with Crippen LogP contribution in [-0.4, -0.2) is 15.9 Å². The lowest BCUT2D eigenvalue weighted by molar-refractivity contribution is 0.0946. The number of nitrogens with one attached hydrogen (secondary N) is 2. The molecule has 6 heteroatoms. The van der Waals surface area contributed by atoms with Gasteiger partial charge in [0.2, 0.25) is 0 Å². The van der Waals surface area contributed by atoms with Crippen molar-refractivity contribution in [2.24, 2.45) is 0 Å². The van der Waals surface area contributed by atoms with Crippen molar-refractivity contribution in [1.29, 1.82) is 0 Å². The molecular formula is C19H17ClN4O. The van der Waals surface area contributed by atoms with Crippen LogP contribution >= 0.6 is 11.6 Å². The van der Waals surface area contributed by atoms with Gasteiger partial charge in [-0.05, 0) is 41.5 Å². The molecule has 0 radical (unpaired) electrons. The summed E-state index contributed by atoms with van der Waals surface area (Å²) < 4.78 is 0. The third-order valence-corrected chi connectivity index (χ3v) is 3.83. The molecule has 0 aliphatic rings. The lowest BCUT2D eigenvalue weighted by Gasteiger charge is -2.09. The summed E-state index contributed by atoms with van der Waals surface area (Å²) in [7, 11) is 0. The quantitative estimate of drug-likeness (QED) is 0.710. The minimum Gasteiger partial charge on any atom is -0.381 e. The molecule has 0 bridgehead atoms. The van der Waals surface area contributed by atoms with Gasteiger partial charge in [-0.25, -0.2) is 0 Å². The molecule has 0 atom stereocenters. The van der Waals surface area contributed by atoms with E-state index in [4.69, 9.17) is 11.6 Å². The zero-order valence-electron chi connectivity index (χ0n) is 13.4. The van der Waals surface area contributed by atoms with E-state index < -0.39 is 0 Å². The number of carbonyl (C=O) groups excluding carboxylic acids is 1. The summed E-state index contributed by atoms with van der Waals surface area (Å²) in [6, 6.07) is 14.8. The van der Waals surface area contributed by atoms with Gasteiger partial charge in [0.05, 0.1) is 0 Å². The normalized spacial score (nSPS) is 10.3. The zero-order valence-corrected chi connectivity index (χ0v) is 14.2. The standard InChI is InChI=1S/C19H17ClN4O/c20-16-5-3-14(4-6-16)12-24-19(25)18-10-17(7-9-22-18)23-13-15-2-1-8-21-11-15/h1-11H,12-13H2,(H,22,23)(H,24,25). The Hall–Kier alpha value is -2.92. The summed E-state index contributed by atoms with van der Waals surface area (Å²) in [6.45, 7) is 1.05. The highest BCUT2D eigenvalue weighted by atomic mass is 35.5. The number of halogens is 1. The molecule has 0 aliphatic carbocycles. The number of rotatable bonds is 6. The van der Waals surface area contributed by atoms with Crippen molar-refractivity contribution < 1.29 is 4.79 Å². The summed E-state index contributed by atoms with van der Waals surface area (Å²) in [5.41, 5.74) is 3.23. The number of hydrogen-bond donors (Lipinski definition) is 2. The van der Waals surface area contributed by atoms with Crippen LogP contribution in [-0.2, 0) is 13.1 Å². The van der Waals surface area contributed by atoms with E-state index in [0.29, 0.717) is 23.8 Å². The Labute approximate surface area is 151 Å². The molecule has 1 aromatic carbocycles. The molecule has 5 nitrogen and oxygen atoms in total. The van der Waals surface area contributed by atoms with E-state index in [0.717, 1.165) is 16.8 Å². The monoisotopic (exact) mass is 352 g/mol. The number of amides is 1. The van der Waals surface area contributed by atoms with E-state index in [1.165, 1.54) is 0 Å². The Kier molecular flexibility index (Phi) is 5.59. The second-order valence-corrected chi connectivity index (χ2v) is 5.89. The predicted molar refractivity (Wildman–Crippen MR) is 98.4 cm³/mol. The number of aromatic nitrogens is 2. The molecule has 3 aromatic rings. The number of carbonyl (C=O) groups is 1. The Morgan fingerprint density at radius 3 is 2.60 bits per heavy atom. The lowest BCUT2D eigenvalue weighted by Crippen LogP contribution is -2.23. The van der Waals surface area contributed by atoms with Gasteiger partial charge >= 0.3 is 0 Å². The maximum atomic E-state index is 12.3. The highest BCUT2D eigenvalue weighted by Gasteiger charge is 2.08. The van der Waals surface area contributed by atoms with Crippen LogP contribution in [0.3, 0.4) is 0 Å². The highest BCUT2D eigenvalue weighted by Crippen LogP contribution is 2.11. The van der Waals surface area contributed by atoms with Crippen molar-refractivity contribution in [3.63, 3.8) is 0 Å². The number of hydrogen-bond acceptors (Lipinski definition) is 4. The van der Waals surface area contributed by atoms with Gasteiger partial charge in [0, 0.05) is 42.4 Å². The Bertz CT molecular complexity index is 838. The zero-order chi connectivity index (χ0) is 17.5. The van der Waals surface area contributed by atoms with Crippen molar-refractivity contribution in [2.75, 3.05) is 5.32 Å². The fraction of sp³-hybridized carbons (Fsp3) is 0.105. The number of nitrogens with zero attached hydrogens (tertiary/aromatic N) is 2. The van der Waals surface area contributed by atoms with Gasteiger partial charge in [-0.2, -0.15) is 0 Å². The summed E-state index contributed by atoms with van der Waals surface area (Å²) in [5.74, 6) is -0.222. The molecule has 2 N–H and O–H groups in total. The van der Waals surface area contributed by atoms with Crippen LogP contribution in [0.2, 0.25) is 5.02 Å². The van der Waals surface area contributed by atoms with Gasteiger partial charge in [-0.15, -0.1) is 0 Å². The first kappa shape index (κ1) is 16.9. The predicted octanol–water partition coefficient (Wildman–Crippen LogP) is 3.67. The first-order valence-electron chi connectivity index (χ1n) is 7.82. The van der Waals surface area contributed by atoms with Crippen LogP contribution in [0.4, 0.5) is 5.69 Å². The first-order chi connectivity index (χ1) is 12.2. The third-order valence-electron chi connectivity index (χ3n) is 3.58.